The Labute approximate surface area is 141 Å². The van der Waals surface area contributed by atoms with Gasteiger partial charge in [0.2, 0.25) is 5.91 Å². The van der Waals surface area contributed by atoms with Crippen molar-refractivity contribution in [1.82, 2.24) is 0 Å². The second-order valence-corrected chi connectivity index (χ2v) is 6.49. The van der Waals surface area contributed by atoms with Gasteiger partial charge in [0.05, 0.1) is 17.1 Å². The van der Waals surface area contributed by atoms with E-state index in [4.69, 9.17) is 17.3 Å². The number of nitrogen functional groups attached to an aromatic ring is 1. The summed E-state index contributed by atoms with van der Waals surface area (Å²) in [7, 11) is 0. The van der Waals surface area contributed by atoms with Gasteiger partial charge in [-0.05, 0) is 64.9 Å². The van der Waals surface area contributed by atoms with Crippen LogP contribution in [-0.2, 0) is 11.2 Å². The van der Waals surface area contributed by atoms with E-state index >= 15 is 0 Å². The predicted molar refractivity (Wildman–Crippen MR) is 95.3 cm³/mol. The lowest BCUT2D eigenvalue weighted by atomic mass is 10.0. The zero-order valence-corrected chi connectivity index (χ0v) is 14.0. The molecule has 2 aromatic rings. The average molecular weight is 414 g/mol. The van der Waals surface area contributed by atoms with E-state index in [2.05, 4.69) is 33.2 Å². The molecule has 108 valence electrons. The minimum Gasteiger partial charge on any atom is -0.397 e. The summed E-state index contributed by atoms with van der Waals surface area (Å²) in [6.45, 7) is 0. The normalized spacial score (nSPS) is 13.5. The fraction of sp³-hybridized carbons (Fsp3) is 0.133. The summed E-state index contributed by atoms with van der Waals surface area (Å²) in [5.41, 5.74) is 10.4. The highest BCUT2D eigenvalue weighted by atomic mass is 127. The number of benzene rings is 2. The molecular formula is C15H13ClIN3O. The lowest BCUT2D eigenvalue weighted by molar-refractivity contribution is -0.116. The molecule has 0 aromatic heterocycles. The molecule has 3 rings (SSSR count). The molecule has 21 heavy (non-hydrogen) atoms. The minimum absolute atomic E-state index is 0.0410. The molecule has 0 saturated carbocycles. The smallest absolute Gasteiger partial charge is 0.224 e. The lowest BCUT2D eigenvalue weighted by Gasteiger charge is -2.20. The highest BCUT2D eigenvalue weighted by molar-refractivity contribution is 14.1. The van der Waals surface area contributed by atoms with E-state index in [1.54, 1.807) is 0 Å². The standard InChI is InChI=1S/C15H13ClIN3O/c16-9-2-3-12(10(17)6-9)19-14-7-13-8(5-11(14)18)1-4-15(21)20-13/h2-3,5-7,19H,1,4,18H2,(H,20,21). The van der Waals surface area contributed by atoms with Gasteiger partial charge in [-0.15, -0.1) is 0 Å². The van der Waals surface area contributed by atoms with Gasteiger partial charge in [-0.2, -0.15) is 0 Å². The first-order valence-corrected chi connectivity index (χ1v) is 7.93. The Balaban J connectivity index is 1.95. The maximum Gasteiger partial charge on any atom is 0.224 e. The monoisotopic (exact) mass is 413 g/mol. The van der Waals surface area contributed by atoms with Crippen molar-refractivity contribution in [3.05, 3.63) is 44.5 Å². The molecule has 1 aliphatic heterocycles. The third kappa shape index (κ3) is 3.08. The molecule has 1 heterocycles. The van der Waals surface area contributed by atoms with Gasteiger partial charge in [0.15, 0.2) is 0 Å². The summed E-state index contributed by atoms with van der Waals surface area (Å²) in [6.07, 6.45) is 1.23. The lowest BCUT2D eigenvalue weighted by Crippen LogP contribution is -2.19. The number of nitrogens with one attached hydrogen (secondary N) is 2. The zero-order valence-electron chi connectivity index (χ0n) is 11.0. The van der Waals surface area contributed by atoms with Crippen molar-refractivity contribution in [2.24, 2.45) is 0 Å². The second-order valence-electron chi connectivity index (χ2n) is 4.89. The molecule has 6 heteroatoms. The molecule has 1 amide bonds. The van der Waals surface area contributed by atoms with Gasteiger partial charge in [-0.3, -0.25) is 4.79 Å². The Bertz CT molecular complexity index is 733. The molecule has 4 N–H and O–H groups in total. The maximum atomic E-state index is 11.5. The van der Waals surface area contributed by atoms with E-state index in [0.29, 0.717) is 17.1 Å². The molecule has 0 saturated heterocycles. The Morgan fingerprint density at radius 2 is 2.00 bits per heavy atom. The van der Waals surface area contributed by atoms with Crippen molar-refractivity contribution < 1.29 is 4.79 Å². The van der Waals surface area contributed by atoms with Gasteiger partial charge in [-0.25, -0.2) is 0 Å². The molecule has 2 aromatic carbocycles. The van der Waals surface area contributed by atoms with Gasteiger partial charge in [0.1, 0.15) is 0 Å². The summed E-state index contributed by atoms with van der Waals surface area (Å²) in [6, 6.07) is 9.40. The van der Waals surface area contributed by atoms with Gasteiger partial charge in [0.25, 0.3) is 0 Å². The fourth-order valence-corrected chi connectivity index (χ4v) is 3.30. The van der Waals surface area contributed by atoms with Crippen LogP contribution in [0.2, 0.25) is 5.02 Å². The van der Waals surface area contributed by atoms with E-state index in [0.717, 1.165) is 32.6 Å². The van der Waals surface area contributed by atoms with Crippen molar-refractivity contribution >= 4 is 62.8 Å². The SMILES string of the molecule is Nc1cc2c(cc1Nc1ccc(Cl)cc1I)NC(=O)CC2. The van der Waals surface area contributed by atoms with E-state index < -0.39 is 0 Å². The maximum absolute atomic E-state index is 11.5. The van der Waals surface area contributed by atoms with Gasteiger partial charge < -0.3 is 16.4 Å². The molecule has 0 radical (unpaired) electrons. The van der Waals surface area contributed by atoms with Crippen LogP contribution in [0.3, 0.4) is 0 Å². The highest BCUT2D eigenvalue weighted by Crippen LogP contribution is 2.34. The number of nitrogens with two attached hydrogens (primary N) is 1. The first-order chi connectivity index (χ1) is 10.0. The third-order valence-electron chi connectivity index (χ3n) is 3.37. The molecule has 0 spiro atoms. The van der Waals surface area contributed by atoms with Crippen LogP contribution in [0.4, 0.5) is 22.7 Å². The van der Waals surface area contributed by atoms with Gasteiger partial charge in [-0.1, -0.05) is 11.6 Å². The Morgan fingerprint density at radius 3 is 2.76 bits per heavy atom. The van der Waals surface area contributed by atoms with E-state index in [1.807, 2.05) is 30.3 Å². The summed E-state index contributed by atoms with van der Waals surface area (Å²) in [5, 5.41) is 6.86. The molecule has 0 atom stereocenters. The number of rotatable bonds is 2. The molecule has 4 nitrogen and oxygen atoms in total. The number of hydrogen-bond donors (Lipinski definition) is 3. The van der Waals surface area contributed by atoms with Crippen LogP contribution in [-0.4, -0.2) is 5.91 Å². The van der Waals surface area contributed by atoms with E-state index in [-0.39, 0.29) is 5.91 Å². The van der Waals surface area contributed by atoms with Crippen LogP contribution in [0.1, 0.15) is 12.0 Å². The van der Waals surface area contributed by atoms with Crippen molar-refractivity contribution in [2.75, 3.05) is 16.4 Å². The second kappa shape index (κ2) is 5.73. The molecule has 0 unspecified atom stereocenters. The Kier molecular flexibility index (Phi) is 3.95. The van der Waals surface area contributed by atoms with E-state index in [1.165, 1.54) is 0 Å². The quantitative estimate of drug-likeness (QED) is 0.512. The van der Waals surface area contributed by atoms with Crippen molar-refractivity contribution in [3.63, 3.8) is 0 Å². The van der Waals surface area contributed by atoms with Crippen LogP contribution in [0, 0.1) is 3.57 Å². The first kappa shape index (κ1) is 14.5. The topological polar surface area (TPSA) is 67.2 Å². The zero-order chi connectivity index (χ0) is 15.0. The molecule has 1 aliphatic rings. The van der Waals surface area contributed by atoms with Crippen LogP contribution in [0.15, 0.2) is 30.3 Å². The number of anilines is 4. The molecule has 0 aliphatic carbocycles. The first-order valence-electron chi connectivity index (χ1n) is 6.47. The number of carbonyl (C=O) groups excluding carboxylic acids is 1. The van der Waals surface area contributed by atoms with Gasteiger partial charge in [0, 0.05) is 20.7 Å². The fourth-order valence-electron chi connectivity index (χ4n) is 2.29. The van der Waals surface area contributed by atoms with Crippen LogP contribution < -0.4 is 16.4 Å². The van der Waals surface area contributed by atoms with Crippen LogP contribution in [0.25, 0.3) is 0 Å². The highest BCUT2D eigenvalue weighted by Gasteiger charge is 2.17. The van der Waals surface area contributed by atoms with Gasteiger partial charge >= 0.3 is 0 Å². The molecule has 0 bridgehead atoms. The number of amides is 1. The number of halogens is 2. The van der Waals surface area contributed by atoms with Crippen molar-refractivity contribution in [2.45, 2.75) is 12.8 Å². The summed E-state index contributed by atoms with van der Waals surface area (Å²) in [4.78, 5) is 11.5. The summed E-state index contributed by atoms with van der Waals surface area (Å²) >= 11 is 8.17. The largest absolute Gasteiger partial charge is 0.397 e. The van der Waals surface area contributed by atoms with Crippen LogP contribution >= 0.6 is 34.2 Å². The minimum atomic E-state index is 0.0410. The van der Waals surface area contributed by atoms with Crippen molar-refractivity contribution in [3.8, 4) is 0 Å². The summed E-state index contributed by atoms with van der Waals surface area (Å²) < 4.78 is 1.00. The van der Waals surface area contributed by atoms with Crippen molar-refractivity contribution in [1.29, 1.82) is 0 Å². The van der Waals surface area contributed by atoms with E-state index in [9.17, 15) is 4.79 Å². The summed E-state index contributed by atoms with van der Waals surface area (Å²) in [5.74, 6) is 0.0410. The van der Waals surface area contributed by atoms with Crippen LogP contribution in [0.5, 0.6) is 0 Å². The average Bonchev–Trinajstić information content (AvgIpc) is 2.43. The number of hydrogen-bond acceptors (Lipinski definition) is 3. The Hall–Kier alpha value is -1.47. The Morgan fingerprint density at radius 1 is 1.19 bits per heavy atom. The number of fused-ring (bicyclic) bond motifs is 1. The number of carbonyl (C=O) groups is 1. The molecule has 0 fully saturated rings. The third-order valence-corrected chi connectivity index (χ3v) is 4.50. The number of aryl methyl sites for hydroxylation is 1. The molecular weight excluding hydrogens is 401 g/mol. The predicted octanol–water partition coefficient (Wildman–Crippen LogP) is 4.16.